The van der Waals surface area contributed by atoms with Crippen LogP contribution in [0.2, 0.25) is 0 Å². The Morgan fingerprint density at radius 2 is 2.00 bits per heavy atom. The predicted octanol–water partition coefficient (Wildman–Crippen LogP) is 2.54. The smallest absolute Gasteiger partial charge is 0.308 e. The van der Waals surface area contributed by atoms with Crippen molar-refractivity contribution in [1.82, 2.24) is 4.90 Å². The van der Waals surface area contributed by atoms with Gasteiger partial charge in [0.25, 0.3) is 0 Å². The van der Waals surface area contributed by atoms with Crippen molar-refractivity contribution in [3.05, 3.63) is 29.8 Å². The van der Waals surface area contributed by atoms with Gasteiger partial charge in [-0.15, -0.1) is 12.4 Å². The highest BCUT2D eigenvalue weighted by Gasteiger charge is 2.31. The summed E-state index contributed by atoms with van der Waals surface area (Å²) in [5.41, 5.74) is 1.08. The normalized spacial score (nSPS) is 18.5. The van der Waals surface area contributed by atoms with Crippen LogP contribution in [0.5, 0.6) is 5.75 Å². The summed E-state index contributed by atoms with van der Waals surface area (Å²) in [7, 11) is 1.62. The number of methoxy groups -OCH3 is 1. The van der Waals surface area contributed by atoms with E-state index in [1.165, 1.54) is 0 Å². The molecule has 0 aromatic heterocycles. The van der Waals surface area contributed by atoms with Crippen LogP contribution in [-0.4, -0.2) is 42.1 Å². The first-order valence-corrected chi connectivity index (χ1v) is 7.15. The lowest BCUT2D eigenvalue weighted by atomic mass is 9.97. The van der Waals surface area contributed by atoms with Crippen LogP contribution < -0.4 is 4.74 Å². The second-order valence-corrected chi connectivity index (χ2v) is 5.54. The summed E-state index contributed by atoms with van der Waals surface area (Å²) in [5, 5.41) is 8.97. The number of rotatable bonds is 5. The van der Waals surface area contributed by atoms with Gasteiger partial charge < -0.3 is 14.7 Å². The predicted molar refractivity (Wildman–Crippen MR) is 85.6 cm³/mol. The van der Waals surface area contributed by atoms with E-state index in [1.54, 1.807) is 12.0 Å². The molecule has 2 rings (SSSR count). The zero-order chi connectivity index (χ0) is 15.4. The lowest BCUT2D eigenvalue weighted by Gasteiger charge is -2.19. The van der Waals surface area contributed by atoms with Crippen molar-refractivity contribution in [2.75, 3.05) is 20.2 Å². The van der Waals surface area contributed by atoms with E-state index in [9.17, 15) is 9.59 Å². The summed E-state index contributed by atoms with van der Waals surface area (Å²) in [6.45, 7) is 2.89. The van der Waals surface area contributed by atoms with Gasteiger partial charge in [-0.3, -0.25) is 9.59 Å². The Morgan fingerprint density at radius 3 is 2.50 bits per heavy atom. The number of likely N-dealkylation sites (tertiary alicyclic amines) is 1. The number of ether oxygens (including phenoxy) is 1. The molecule has 0 saturated carbocycles. The minimum absolute atomic E-state index is 0. The van der Waals surface area contributed by atoms with Gasteiger partial charge in [0.05, 0.1) is 13.0 Å². The monoisotopic (exact) mass is 327 g/mol. The van der Waals surface area contributed by atoms with E-state index in [2.05, 4.69) is 0 Å². The van der Waals surface area contributed by atoms with Crippen molar-refractivity contribution < 1.29 is 19.4 Å². The molecule has 1 aliphatic rings. The number of amides is 1. The van der Waals surface area contributed by atoms with Gasteiger partial charge in [-0.1, -0.05) is 19.1 Å². The summed E-state index contributed by atoms with van der Waals surface area (Å²) >= 11 is 0. The Balaban J connectivity index is 0.00000242. The number of hydrogen-bond donors (Lipinski definition) is 1. The minimum atomic E-state index is -0.812. The lowest BCUT2D eigenvalue weighted by molar-refractivity contribution is -0.141. The molecule has 0 bridgehead atoms. The molecule has 0 spiro atoms. The molecule has 0 aliphatic carbocycles. The van der Waals surface area contributed by atoms with Gasteiger partial charge in [-0.05, 0) is 30.0 Å². The highest BCUT2D eigenvalue weighted by atomic mass is 35.5. The molecule has 1 fully saturated rings. The van der Waals surface area contributed by atoms with Crippen molar-refractivity contribution in [2.24, 2.45) is 5.92 Å². The van der Waals surface area contributed by atoms with E-state index >= 15 is 0 Å². The zero-order valence-electron chi connectivity index (χ0n) is 12.8. The van der Waals surface area contributed by atoms with Crippen LogP contribution in [0.1, 0.15) is 31.2 Å². The topological polar surface area (TPSA) is 66.8 Å². The Kier molecular flexibility index (Phi) is 6.68. The number of aliphatic carboxylic acids is 1. The fourth-order valence-corrected chi connectivity index (χ4v) is 2.63. The molecule has 1 amide bonds. The number of hydrogen-bond acceptors (Lipinski definition) is 3. The van der Waals surface area contributed by atoms with E-state index in [4.69, 9.17) is 9.84 Å². The third-order valence-electron chi connectivity index (χ3n) is 4.06. The maximum Gasteiger partial charge on any atom is 0.308 e. The Bertz CT molecular complexity index is 517. The Morgan fingerprint density at radius 1 is 1.36 bits per heavy atom. The molecule has 1 aliphatic heterocycles. The van der Waals surface area contributed by atoms with Crippen LogP contribution in [-0.2, 0) is 9.59 Å². The third kappa shape index (κ3) is 4.37. The fraction of sp³-hybridized carbons (Fsp3) is 0.500. The van der Waals surface area contributed by atoms with Crippen molar-refractivity contribution in [3.8, 4) is 5.75 Å². The first-order chi connectivity index (χ1) is 10.0. The number of carbonyl (C=O) groups is 2. The van der Waals surface area contributed by atoms with Gasteiger partial charge >= 0.3 is 5.97 Å². The van der Waals surface area contributed by atoms with E-state index in [0.29, 0.717) is 25.9 Å². The molecule has 2 atom stereocenters. The van der Waals surface area contributed by atoms with E-state index in [1.807, 2.05) is 31.2 Å². The van der Waals surface area contributed by atoms with E-state index < -0.39 is 11.9 Å². The molecule has 1 aromatic rings. The number of carboxylic acid groups (broad SMARTS) is 1. The highest BCUT2D eigenvalue weighted by molar-refractivity contribution is 5.85. The molecule has 2 unspecified atom stereocenters. The summed E-state index contributed by atoms with van der Waals surface area (Å²) < 4.78 is 5.11. The minimum Gasteiger partial charge on any atom is -0.497 e. The zero-order valence-corrected chi connectivity index (χ0v) is 13.6. The second kappa shape index (κ2) is 8.03. The molecule has 22 heavy (non-hydrogen) atoms. The van der Waals surface area contributed by atoms with Crippen LogP contribution in [0.4, 0.5) is 0 Å². The second-order valence-electron chi connectivity index (χ2n) is 5.54. The van der Waals surface area contributed by atoms with Crippen LogP contribution >= 0.6 is 12.4 Å². The SMILES string of the molecule is COc1ccc(C(C)CC(=O)N2CCC(C(=O)O)C2)cc1.Cl. The molecular formula is C16H22ClNO4. The van der Waals surface area contributed by atoms with Crippen LogP contribution in [0, 0.1) is 5.92 Å². The highest BCUT2D eigenvalue weighted by Crippen LogP contribution is 2.24. The Hall–Kier alpha value is -1.75. The summed E-state index contributed by atoms with van der Waals surface area (Å²) in [6.07, 6.45) is 0.955. The van der Waals surface area contributed by atoms with Crippen molar-refractivity contribution in [2.45, 2.75) is 25.7 Å². The summed E-state index contributed by atoms with van der Waals surface area (Å²) in [4.78, 5) is 24.8. The maximum atomic E-state index is 12.2. The maximum absolute atomic E-state index is 12.2. The molecule has 1 saturated heterocycles. The number of nitrogens with zero attached hydrogens (tertiary/aromatic N) is 1. The molecular weight excluding hydrogens is 306 g/mol. The van der Waals surface area contributed by atoms with Gasteiger partial charge in [0, 0.05) is 19.5 Å². The first kappa shape index (κ1) is 18.3. The molecule has 6 heteroatoms. The summed E-state index contributed by atoms with van der Waals surface area (Å²) in [6, 6.07) is 7.68. The van der Waals surface area contributed by atoms with E-state index in [0.717, 1.165) is 11.3 Å². The van der Waals surface area contributed by atoms with Gasteiger partial charge in [0.1, 0.15) is 5.75 Å². The fourth-order valence-electron chi connectivity index (χ4n) is 2.63. The van der Waals surface area contributed by atoms with Gasteiger partial charge in [0.15, 0.2) is 0 Å². The molecule has 122 valence electrons. The quantitative estimate of drug-likeness (QED) is 0.902. The van der Waals surface area contributed by atoms with Crippen molar-refractivity contribution in [3.63, 3.8) is 0 Å². The van der Waals surface area contributed by atoms with Gasteiger partial charge in [-0.2, -0.15) is 0 Å². The third-order valence-corrected chi connectivity index (χ3v) is 4.06. The number of halogens is 1. The lowest BCUT2D eigenvalue weighted by Crippen LogP contribution is -2.30. The number of carboxylic acids is 1. The van der Waals surface area contributed by atoms with Gasteiger partial charge in [0.2, 0.25) is 5.91 Å². The van der Waals surface area contributed by atoms with Crippen molar-refractivity contribution >= 4 is 24.3 Å². The number of benzene rings is 1. The van der Waals surface area contributed by atoms with E-state index in [-0.39, 0.29) is 24.2 Å². The molecule has 1 aromatic carbocycles. The van der Waals surface area contributed by atoms with Crippen LogP contribution in [0.25, 0.3) is 0 Å². The average Bonchev–Trinajstić information content (AvgIpc) is 2.97. The molecule has 0 radical (unpaired) electrons. The molecule has 1 N–H and O–H groups in total. The van der Waals surface area contributed by atoms with Crippen molar-refractivity contribution in [1.29, 1.82) is 0 Å². The van der Waals surface area contributed by atoms with Crippen LogP contribution in [0.15, 0.2) is 24.3 Å². The molecule has 5 nitrogen and oxygen atoms in total. The molecule has 1 heterocycles. The van der Waals surface area contributed by atoms with Crippen LogP contribution in [0.3, 0.4) is 0 Å². The standard InChI is InChI=1S/C16H21NO4.ClH/c1-11(12-3-5-14(21-2)6-4-12)9-15(18)17-8-7-13(10-17)16(19)20;/h3-6,11,13H,7-10H2,1-2H3,(H,19,20);1H. The van der Waals surface area contributed by atoms with Gasteiger partial charge in [-0.25, -0.2) is 0 Å². The average molecular weight is 328 g/mol. The first-order valence-electron chi connectivity index (χ1n) is 7.15. The summed E-state index contributed by atoms with van der Waals surface area (Å²) in [5.74, 6) is -0.297. The largest absolute Gasteiger partial charge is 0.497 e. The number of carbonyl (C=O) groups excluding carboxylic acids is 1. The Labute approximate surface area is 136 Å².